The Balaban J connectivity index is 1.55. The quantitative estimate of drug-likeness (QED) is 0.906. The lowest BCUT2D eigenvalue weighted by atomic mass is 9.94. The van der Waals surface area contributed by atoms with Crippen molar-refractivity contribution in [2.75, 3.05) is 25.0 Å². The van der Waals surface area contributed by atoms with E-state index in [9.17, 15) is 4.79 Å². The van der Waals surface area contributed by atoms with E-state index >= 15 is 0 Å². The molecule has 2 N–H and O–H groups in total. The Labute approximate surface area is 127 Å². The molecule has 0 spiro atoms. The molecule has 3 heterocycles. The fraction of sp³-hybridized carbons (Fsp3) is 0.500. The molecule has 1 aliphatic heterocycles. The van der Waals surface area contributed by atoms with Gasteiger partial charge >= 0.3 is 0 Å². The van der Waals surface area contributed by atoms with Crippen molar-refractivity contribution in [3.8, 4) is 0 Å². The molecule has 0 aliphatic carbocycles. The van der Waals surface area contributed by atoms with Crippen LogP contribution in [0.25, 0.3) is 0 Å². The fourth-order valence-electron chi connectivity index (χ4n) is 2.74. The third kappa shape index (κ3) is 3.68. The summed E-state index contributed by atoms with van der Waals surface area (Å²) in [5.41, 5.74) is 2.20. The van der Waals surface area contributed by atoms with Crippen LogP contribution in [0.2, 0.25) is 0 Å². The van der Waals surface area contributed by atoms with Crippen molar-refractivity contribution in [3.63, 3.8) is 0 Å². The van der Waals surface area contributed by atoms with Crippen LogP contribution in [-0.4, -0.2) is 45.6 Å². The van der Waals surface area contributed by atoms with Crippen LogP contribution in [0, 0.1) is 6.92 Å². The summed E-state index contributed by atoms with van der Waals surface area (Å²) < 4.78 is 0. The number of carbonyl (C=O) groups is 1. The zero-order chi connectivity index (χ0) is 14.7. The summed E-state index contributed by atoms with van der Waals surface area (Å²) in [5.74, 6) is 0.417. The first kappa shape index (κ1) is 14.2. The third-order valence-electron chi connectivity index (χ3n) is 3.70. The van der Waals surface area contributed by atoms with E-state index < -0.39 is 0 Å². The van der Waals surface area contributed by atoms with Crippen molar-refractivity contribution in [1.82, 2.24) is 20.1 Å². The molecule has 0 radical (unpaired) electrons. The molecule has 0 aromatic carbocycles. The van der Waals surface area contributed by atoms with Gasteiger partial charge in [0.15, 0.2) is 5.13 Å². The number of aromatic nitrogens is 3. The number of hydrogen-bond donors (Lipinski definition) is 2. The van der Waals surface area contributed by atoms with Gasteiger partial charge in [-0.1, -0.05) is 0 Å². The highest BCUT2D eigenvalue weighted by molar-refractivity contribution is 7.13. The molecule has 112 valence electrons. The predicted octanol–water partition coefficient (Wildman–Crippen LogP) is 1.99. The number of aryl methyl sites for hydroxylation is 1. The van der Waals surface area contributed by atoms with E-state index in [2.05, 4.69) is 31.5 Å². The van der Waals surface area contributed by atoms with Gasteiger partial charge in [-0.3, -0.25) is 14.8 Å². The van der Waals surface area contributed by atoms with Gasteiger partial charge in [-0.2, -0.15) is 5.10 Å². The number of hydrogen-bond acceptors (Lipinski definition) is 5. The number of nitrogens with one attached hydrogen (secondary N) is 2. The van der Waals surface area contributed by atoms with Gasteiger partial charge in [-0.15, -0.1) is 11.3 Å². The Morgan fingerprint density at radius 3 is 3.24 bits per heavy atom. The minimum absolute atomic E-state index is 0.00353. The first-order valence-electron chi connectivity index (χ1n) is 7.14. The summed E-state index contributed by atoms with van der Waals surface area (Å²) >= 11 is 1.44. The van der Waals surface area contributed by atoms with Crippen LogP contribution in [-0.2, 0) is 4.79 Å². The fourth-order valence-corrected chi connectivity index (χ4v) is 3.28. The van der Waals surface area contributed by atoms with Crippen molar-refractivity contribution >= 4 is 22.4 Å². The van der Waals surface area contributed by atoms with Gasteiger partial charge in [-0.05, 0) is 32.4 Å². The standard InChI is InChI=1S/C14H19N5OS/c1-10-7-12(18-17-10)11-3-2-5-19(8-11)9-13(20)16-14-15-4-6-21-14/h4,6-7,11H,2-3,5,8-9H2,1H3,(H,17,18)(H,15,16,20). The second-order valence-corrected chi connectivity index (χ2v) is 6.33. The molecule has 1 fully saturated rings. The minimum Gasteiger partial charge on any atom is -0.301 e. The summed E-state index contributed by atoms with van der Waals surface area (Å²) in [4.78, 5) is 18.3. The molecule has 0 bridgehead atoms. The molecule has 7 heteroatoms. The van der Waals surface area contributed by atoms with Crippen LogP contribution < -0.4 is 5.32 Å². The van der Waals surface area contributed by atoms with Crippen molar-refractivity contribution in [1.29, 1.82) is 0 Å². The highest BCUT2D eigenvalue weighted by atomic mass is 32.1. The molecular weight excluding hydrogens is 286 g/mol. The van der Waals surface area contributed by atoms with E-state index in [4.69, 9.17) is 0 Å². The van der Waals surface area contributed by atoms with E-state index in [-0.39, 0.29) is 5.91 Å². The topological polar surface area (TPSA) is 73.9 Å². The maximum absolute atomic E-state index is 12.0. The number of piperidine rings is 1. The Kier molecular flexibility index (Phi) is 4.31. The molecule has 0 saturated carbocycles. The van der Waals surface area contributed by atoms with Gasteiger partial charge in [-0.25, -0.2) is 4.98 Å². The molecular formula is C14H19N5OS. The molecule has 2 aromatic rings. The van der Waals surface area contributed by atoms with Gasteiger partial charge in [0.25, 0.3) is 0 Å². The molecule has 1 unspecified atom stereocenters. The number of aromatic amines is 1. The second-order valence-electron chi connectivity index (χ2n) is 5.44. The first-order valence-corrected chi connectivity index (χ1v) is 8.02. The number of nitrogens with zero attached hydrogens (tertiary/aromatic N) is 3. The maximum atomic E-state index is 12.0. The lowest BCUT2D eigenvalue weighted by Gasteiger charge is -2.31. The molecule has 21 heavy (non-hydrogen) atoms. The summed E-state index contributed by atoms with van der Waals surface area (Å²) in [7, 11) is 0. The molecule has 3 rings (SSSR count). The summed E-state index contributed by atoms with van der Waals surface area (Å²) in [6.45, 7) is 4.28. The molecule has 1 saturated heterocycles. The SMILES string of the molecule is Cc1cc(C2CCCN(CC(=O)Nc3nccs3)C2)n[nH]1. The Hall–Kier alpha value is -1.73. The van der Waals surface area contributed by atoms with Gasteiger partial charge in [0.1, 0.15) is 0 Å². The van der Waals surface area contributed by atoms with E-state index in [1.54, 1.807) is 6.20 Å². The zero-order valence-electron chi connectivity index (χ0n) is 12.0. The van der Waals surface area contributed by atoms with E-state index in [1.807, 2.05) is 12.3 Å². The Bertz CT molecular complexity index is 594. The number of likely N-dealkylation sites (tertiary alicyclic amines) is 1. The monoisotopic (exact) mass is 305 g/mol. The largest absolute Gasteiger partial charge is 0.301 e. The zero-order valence-corrected chi connectivity index (χ0v) is 12.8. The van der Waals surface area contributed by atoms with E-state index in [1.165, 1.54) is 11.3 Å². The first-order chi connectivity index (χ1) is 10.2. The smallest absolute Gasteiger partial charge is 0.240 e. The van der Waals surface area contributed by atoms with Crippen molar-refractivity contribution in [2.24, 2.45) is 0 Å². The van der Waals surface area contributed by atoms with E-state index in [0.717, 1.165) is 37.3 Å². The molecule has 6 nitrogen and oxygen atoms in total. The third-order valence-corrected chi connectivity index (χ3v) is 4.38. The predicted molar refractivity (Wildman–Crippen MR) is 82.5 cm³/mol. The van der Waals surface area contributed by atoms with E-state index in [0.29, 0.717) is 17.6 Å². The maximum Gasteiger partial charge on any atom is 0.240 e. The second kappa shape index (κ2) is 6.36. The van der Waals surface area contributed by atoms with Gasteiger partial charge < -0.3 is 5.32 Å². The molecule has 1 aliphatic rings. The van der Waals surface area contributed by atoms with Crippen LogP contribution in [0.4, 0.5) is 5.13 Å². The number of rotatable bonds is 4. The lowest BCUT2D eigenvalue weighted by molar-refractivity contribution is -0.117. The van der Waals surface area contributed by atoms with Gasteiger partial charge in [0.05, 0.1) is 12.2 Å². The van der Waals surface area contributed by atoms with Crippen LogP contribution >= 0.6 is 11.3 Å². The minimum atomic E-state index is 0.00353. The lowest BCUT2D eigenvalue weighted by Crippen LogP contribution is -2.39. The van der Waals surface area contributed by atoms with Crippen LogP contribution in [0.3, 0.4) is 0 Å². The average molecular weight is 305 g/mol. The number of thiazole rings is 1. The molecule has 1 atom stereocenters. The number of H-pyrrole nitrogens is 1. The van der Waals surface area contributed by atoms with Crippen LogP contribution in [0.15, 0.2) is 17.6 Å². The average Bonchev–Trinajstić information content (AvgIpc) is 3.10. The number of carbonyl (C=O) groups excluding carboxylic acids is 1. The summed E-state index contributed by atoms with van der Waals surface area (Å²) in [6, 6.07) is 2.10. The van der Waals surface area contributed by atoms with Crippen molar-refractivity contribution in [3.05, 3.63) is 29.0 Å². The van der Waals surface area contributed by atoms with Gasteiger partial charge in [0.2, 0.25) is 5.91 Å². The van der Waals surface area contributed by atoms with Crippen LogP contribution in [0.1, 0.15) is 30.1 Å². The number of amides is 1. The van der Waals surface area contributed by atoms with Crippen LogP contribution in [0.5, 0.6) is 0 Å². The Morgan fingerprint density at radius 1 is 1.62 bits per heavy atom. The number of anilines is 1. The Morgan fingerprint density at radius 2 is 2.52 bits per heavy atom. The van der Waals surface area contributed by atoms with Crippen molar-refractivity contribution < 1.29 is 4.79 Å². The highest BCUT2D eigenvalue weighted by Gasteiger charge is 2.24. The summed E-state index contributed by atoms with van der Waals surface area (Å²) in [6.07, 6.45) is 3.92. The molecule has 2 aromatic heterocycles. The van der Waals surface area contributed by atoms with Crippen molar-refractivity contribution in [2.45, 2.75) is 25.7 Å². The highest BCUT2D eigenvalue weighted by Crippen LogP contribution is 2.25. The molecule has 1 amide bonds. The van der Waals surface area contributed by atoms with Gasteiger partial charge in [0, 0.05) is 29.7 Å². The normalized spacial score (nSPS) is 19.6. The summed E-state index contributed by atoms with van der Waals surface area (Å²) in [5, 5.41) is 12.7.